The van der Waals surface area contributed by atoms with Crippen LogP contribution in [-0.2, 0) is 14.3 Å². The third kappa shape index (κ3) is 8.70. The van der Waals surface area contributed by atoms with E-state index in [1.165, 1.54) is 0 Å². The highest BCUT2D eigenvalue weighted by Crippen LogP contribution is 2.13. The maximum Gasteiger partial charge on any atom is 0.305 e. The second-order valence-corrected chi connectivity index (χ2v) is 6.02. The van der Waals surface area contributed by atoms with Crippen molar-refractivity contribution >= 4 is 40.2 Å². The third-order valence-electron chi connectivity index (χ3n) is 2.95. The van der Waals surface area contributed by atoms with Crippen LogP contribution >= 0.6 is 22.6 Å². The van der Waals surface area contributed by atoms with Gasteiger partial charge < -0.3 is 10.1 Å². The predicted molar refractivity (Wildman–Crippen MR) is 92.1 cm³/mol. The van der Waals surface area contributed by atoms with Crippen LogP contribution in [0.1, 0.15) is 45.4 Å². The fraction of sp³-hybridized carbons (Fsp3) is 0.500. The van der Waals surface area contributed by atoms with Crippen molar-refractivity contribution in [2.45, 2.75) is 45.4 Å². The maximum atomic E-state index is 11.8. The van der Waals surface area contributed by atoms with Crippen LogP contribution in [0.3, 0.4) is 0 Å². The first kappa shape index (κ1) is 17.9. The normalized spacial score (nSPS) is 10.2. The molecule has 0 heterocycles. The lowest BCUT2D eigenvalue weighted by Gasteiger charge is -2.05. The van der Waals surface area contributed by atoms with E-state index in [2.05, 4.69) is 27.9 Å². The number of halogens is 1. The lowest BCUT2D eigenvalue weighted by molar-refractivity contribution is -0.143. The average Bonchev–Trinajstić information content (AvgIpc) is 2.43. The summed E-state index contributed by atoms with van der Waals surface area (Å²) < 4.78 is 5.96. The minimum absolute atomic E-state index is 0.0439. The van der Waals surface area contributed by atoms with E-state index in [4.69, 9.17) is 4.74 Å². The average molecular weight is 403 g/mol. The van der Waals surface area contributed by atoms with Crippen molar-refractivity contribution < 1.29 is 14.3 Å². The van der Waals surface area contributed by atoms with E-state index in [1.54, 1.807) is 0 Å². The summed E-state index contributed by atoms with van der Waals surface area (Å²) in [5.74, 6) is -0.0867. The first-order valence-electron chi connectivity index (χ1n) is 7.33. The van der Waals surface area contributed by atoms with Gasteiger partial charge in [-0.25, -0.2) is 0 Å². The predicted octanol–water partition coefficient (Wildman–Crippen LogP) is 4.13. The monoisotopic (exact) mass is 403 g/mol. The van der Waals surface area contributed by atoms with Crippen molar-refractivity contribution in [3.05, 3.63) is 27.8 Å². The summed E-state index contributed by atoms with van der Waals surface area (Å²) >= 11 is 2.22. The number of anilines is 1. The van der Waals surface area contributed by atoms with Crippen molar-refractivity contribution in [2.24, 2.45) is 0 Å². The Labute approximate surface area is 139 Å². The fourth-order valence-electron chi connectivity index (χ4n) is 1.93. The molecule has 21 heavy (non-hydrogen) atoms. The molecule has 0 radical (unpaired) electrons. The van der Waals surface area contributed by atoms with Gasteiger partial charge in [-0.1, -0.05) is 18.9 Å². The van der Waals surface area contributed by atoms with Crippen molar-refractivity contribution in [3.8, 4) is 0 Å². The molecule has 1 aromatic carbocycles. The van der Waals surface area contributed by atoms with Gasteiger partial charge in [-0.2, -0.15) is 0 Å². The van der Waals surface area contributed by atoms with Gasteiger partial charge in [0.25, 0.3) is 0 Å². The zero-order chi connectivity index (χ0) is 15.5. The molecule has 0 unspecified atom stereocenters. The fourth-order valence-corrected chi connectivity index (χ4v) is 2.47. The van der Waals surface area contributed by atoms with Crippen LogP contribution in [0.15, 0.2) is 24.3 Å². The van der Waals surface area contributed by atoms with Gasteiger partial charge in [-0.3, -0.25) is 9.59 Å². The largest absolute Gasteiger partial charge is 0.466 e. The molecule has 0 spiro atoms. The van der Waals surface area contributed by atoms with Gasteiger partial charge in [-0.15, -0.1) is 0 Å². The molecule has 0 saturated carbocycles. The lowest BCUT2D eigenvalue weighted by atomic mass is 10.1. The Morgan fingerprint density at radius 3 is 2.52 bits per heavy atom. The molecule has 1 rings (SSSR count). The van der Waals surface area contributed by atoms with Crippen molar-refractivity contribution in [2.75, 3.05) is 11.9 Å². The Morgan fingerprint density at radius 2 is 1.86 bits per heavy atom. The standard InChI is InChI=1S/C16H22INO3/c1-2-21-16(20)11-6-4-3-5-10-15(19)18-14-9-7-8-13(17)12-14/h7-9,12H,2-6,10-11H2,1H3,(H,18,19). The second-order valence-electron chi connectivity index (χ2n) is 4.78. The highest BCUT2D eigenvalue weighted by Gasteiger charge is 2.04. The van der Waals surface area contributed by atoms with Crippen LogP contribution < -0.4 is 5.32 Å². The second kappa shape index (κ2) is 10.6. The van der Waals surface area contributed by atoms with Gasteiger partial charge in [0.05, 0.1) is 6.61 Å². The Kier molecular flexibility index (Phi) is 9.05. The highest BCUT2D eigenvalue weighted by atomic mass is 127. The van der Waals surface area contributed by atoms with Gasteiger partial charge in [0.2, 0.25) is 5.91 Å². The molecule has 4 nitrogen and oxygen atoms in total. The van der Waals surface area contributed by atoms with Gasteiger partial charge in [0, 0.05) is 22.1 Å². The molecular weight excluding hydrogens is 381 g/mol. The van der Waals surface area contributed by atoms with Gasteiger partial charge in [0.1, 0.15) is 0 Å². The van der Waals surface area contributed by atoms with E-state index in [9.17, 15) is 9.59 Å². The Morgan fingerprint density at radius 1 is 1.14 bits per heavy atom. The Bertz CT molecular complexity index is 463. The van der Waals surface area contributed by atoms with Gasteiger partial charge in [-0.05, 0) is 60.6 Å². The summed E-state index contributed by atoms with van der Waals surface area (Å²) in [6, 6.07) is 7.74. The number of esters is 1. The van der Waals surface area contributed by atoms with Crippen molar-refractivity contribution in [3.63, 3.8) is 0 Å². The molecule has 0 aliphatic rings. The highest BCUT2D eigenvalue weighted by molar-refractivity contribution is 14.1. The molecule has 0 atom stereocenters. The molecule has 0 fully saturated rings. The summed E-state index contributed by atoms with van der Waals surface area (Å²) in [5.41, 5.74) is 0.842. The van der Waals surface area contributed by atoms with E-state index in [0.29, 0.717) is 19.4 Å². The van der Waals surface area contributed by atoms with E-state index in [1.807, 2.05) is 31.2 Å². The lowest BCUT2D eigenvalue weighted by Crippen LogP contribution is -2.11. The summed E-state index contributed by atoms with van der Waals surface area (Å²) in [7, 11) is 0. The molecule has 0 aromatic heterocycles. The minimum atomic E-state index is -0.131. The number of nitrogens with one attached hydrogen (secondary N) is 1. The molecule has 0 bridgehead atoms. The zero-order valence-electron chi connectivity index (χ0n) is 12.4. The van der Waals surface area contributed by atoms with E-state index >= 15 is 0 Å². The first-order chi connectivity index (χ1) is 10.1. The number of carbonyl (C=O) groups is 2. The van der Waals surface area contributed by atoms with Crippen LogP contribution in [0.2, 0.25) is 0 Å². The number of amides is 1. The molecule has 116 valence electrons. The number of benzene rings is 1. The molecule has 0 aliphatic heterocycles. The first-order valence-corrected chi connectivity index (χ1v) is 8.40. The molecule has 1 N–H and O–H groups in total. The van der Waals surface area contributed by atoms with Crippen LogP contribution in [0, 0.1) is 3.57 Å². The SMILES string of the molecule is CCOC(=O)CCCCCCC(=O)Nc1cccc(I)c1. The molecule has 0 saturated heterocycles. The quantitative estimate of drug-likeness (QED) is 0.383. The van der Waals surface area contributed by atoms with Gasteiger partial charge in [0.15, 0.2) is 0 Å². The Hall–Kier alpha value is -1.11. The third-order valence-corrected chi connectivity index (χ3v) is 3.62. The Balaban J connectivity index is 2.07. The van der Waals surface area contributed by atoms with Crippen LogP contribution in [0.4, 0.5) is 5.69 Å². The molecule has 5 heteroatoms. The van der Waals surface area contributed by atoms with Crippen LogP contribution in [0.5, 0.6) is 0 Å². The zero-order valence-corrected chi connectivity index (χ0v) is 14.5. The van der Waals surface area contributed by atoms with Crippen molar-refractivity contribution in [1.29, 1.82) is 0 Å². The molecule has 1 amide bonds. The topological polar surface area (TPSA) is 55.4 Å². The minimum Gasteiger partial charge on any atom is -0.466 e. The smallest absolute Gasteiger partial charge is 0.305 e. The molecule has 1 aromatic rings. The molecular formula is C16H22INO3. The van der Waals surface area contributed by atoms with E-state index < -0.39 is 0 Å². The van der Waals surface area contributed by atoms with Gasteiger partial charge >= 0.3 is 5.97 Å². The number of unbranched alkanes of at least 4 members (excludes halogenated alkanes) is 3. The summed E-state index contributed by atoms with van der Waals surface area (Å²) in [5, 5.41) is 2.89. The number of ether oxygens (including phenoxy) is 1. The summed E-state index contributed by atoms with van der Waals surface area (Å²) in [4.78, 5) is 22.9. The molecule has 0 aliphatic carbocycles. The summed E-state index contributed by atoms with van der Waals surface area (Å²) in [6.45, 7) is 2.25. The van der Waals surface area contributed by atoms with Crippen LogP contribution in [-0.4, -0.2) is 18.5 Å². The summed E-state index contributed by atoms with van der Waals surface area (Å²) in [6.07, 6.45) is 4.58. The van der Waals surface area contributed by atoms with E-state index in [-0.39, 0.29) is 11.9 Å². The van der Waals surface area contributed by atoms with Crippen LogP contribution in [0.25, 0.3) is 0 Å². The number of hydrogen-bond donors (Lipinski definition) is 1. The van der Waals surface area contributed by atoms with Crippen molar-refractivity contribution in [1.82, 2.24) is 0 Å². The number of rotatable bonds is 9. The van der Waals surface area contributed by atoms with E-state index in [0.717, 1.165) is 34.9 Å². The number of hydrogen-bond acceptors (Lipinski definition) is 3. The maximum absolute atomic E-state index is 11.8. The number of carbonyl (C=O) groups excluding carboxylic acids is 2.